The molecule has 1 atom stereocenters. The molecule has 15 heavy (non-hydrogen) atoms. The second-order valence-electron chi connectivity index (χ2n) is 2.76. The fourth-order valence-electron chi connectivity index (χ4n) is 0.770. The lowest BCUT2D eigenvalue weighted by Gasteiger charge is -2.21. The van der Waals surface area contributed by atoms with Crippen molar-refractivity contribution in [1.82, 2.24) is 4.90 Å². The summed E-state index contributed by atoms with van der Waals surface area (Å²) in [5.74, 6) is -0.378. The zero-order valence-electron chi connectivity index (χ0n) is 8.52. The third-order valence-corrected chi connectivity index (χ3v) is 3.66. The van der Waals surface area contributed by atoms with Crippen molar-refractivity contribution >= 4 is 33.5 Å². The number of amides is 1. The SMILES string of the molecule is C.CSSCCC(=O)N(C)[C@@H](C)C(=O)O. The molecule has 0 radical (unpaired) electrons. The van der Waals surface area contributed by atoms with Crippen molar-refractivity contribution in [2.24, 2.45) is 0 Å². The van der Waals surface area contributed by atoms with Gasteiger partial charge in [-0.25, -0.2) is 4.79 Å². The number of hydrogen-bond donors (Lipinski definition) is 1. The summed E-state index contributed by atoms with van der Waals surface area (Å²) in [6.45, 7) is 1.50. The first-order valence-corrected chi connectivity index (χ1v) is 6.87. The molecule has 0 aliphatic carbocycles. The molecule has 0 rings (SSSR count). The summed E-state index contributed by atoms with van der Waals surface area (Å²) in [5.41, 5.74) is 0. The summed E-state index contributed by atoms with van der Waals surface area (Å²) in [5, 5.41) is 8.67. The highest BCUT2D eigenvalue weighted by molar-refractivity contribution is 8.76. The Hall–Kier alpha value is -0.360. The van der Waals surface area contributed by atoms with Gasteiger partial charge in [-0.1, -0.05) is 29.0 Å². The number of carboxylic acid groups (broad SMARTS) is 1. The van der Waals surface area contributed by atoms with Gasteiger partial charge in [0, 0.05) is 19.2 Å². The Bertz CT molecular complexity index is 212. The molecule has 0 bridgehead atoms. The Balaban J connectivity index is 0. The van der Waals surface area contributed by atoms with Crippen molar-refractivity contribution < 1.29 is 14.7 Å². The van der Waals surface area contributed by atoms with Crippen LogP contribution in [0.2, 0.25) is 0 Å². The lowest BCUT2D eigenvalue weighted by molar-refractivity contribution is -0.148. The van der Waals surface area contributed by atoms with Crippen molar-refractivity contribution in [3.05, 3.63) is 0 Å². The van der Waals surface area contributed by atoms with Gasteiger partial charge in [-0.15, -0.1) is 0 Å². The van der Waals surface area contributed by atoms with E-state index >= 15 is 0 Å². The van der Waals surface area contributed by atoms with E-state index in [1.165, 1.54) is 18.9 Å². The number of carbonyl (C=O) groups is 2. The summed E-state index contributed by atoms with van der Waals surface area (Å²) in [6.07, 6.45) is 2.33. The van der Waals surface area contributed by atoms with Crippen LogP contribution in [0, 0.1) is 0 Å². The molecule has 0 saturated carbocycles. The summed E-state index contributed by atoms with van der Waals surface area (Å²) in [7, 11) is 4.71. The Morgan fingerprint density at radius 3 is 2.40 bits per heavy atom. The maximum Gasteiger partial charge on any atom is 0.326 e. The first kappa shape index (κ1) is 17.0. The molecule has 0 aromatic heterocycles. The van der Waals surface area contributed by atoms with E-state index in [1.54, 1.807) is 21.6 Å². The van der Waals surface area contributed by atoms with E-state index in [9.17, 15) is 9.59 Å². The standard InChI is InChI=1S/C8H15NO3S2.CH4/c1-6(8(11)12)9(2)7(10)4-5-14-13-3;/h6H,4-5H2,1-3H3,(H,11,12);1H4/t6-;/m0./s1. The van der Waals surface area contributed by atoms with Gasteiger partial charge in [0.05, 0.1) is 0 Å². The molecular weight excluding hydrogens is 234 g/mol. The van der Waals surface area contributed by atoms with Crippen LogP contribution in [0.15, 0.2) is 0 Å². The maximum absolute atomic E-state index is 11.4. The normalized spacial score (nSPS) is 11.4. The van der Waals surface area contributed by atoms with Gasteiger partial charge in [0.1, 0.15) is 6.04 Å². The summed E-state index contributed by atoms with van der Waals surface area (Å²) >= 11 is 0. The van der Waals surface area contributed by atoms with Crippen molar-refractivity contribution in [3.63, 3.8) is 0 Å². The first-order chi connectivity index (χ1) is 6.50. The predicted molar refractivity (Wildman–Crippen MR) is 67.2 cm³/mol. The van der Waals surface area contributed by atoms with Gasteiger partial charge < -0.3 is 10.0 Å². The van der Waals surface area contributed by atoms with E-state index in [2.05, 4.69) is 0 Å². The Morgan fingerprint density at radius 2 is 2.00 bits per heavy atom. The van der Waals surface area contributed by atoms with Crippen LogP contribution in [0.25, 0.3) is 0 Å². The van der Waals surface area contributed by atoms with Crippen LogP contribution in [0.3, 0.4) is 0 Å². The number of nitrogens with zero attached hydrogens (tertiary/aromatic N) is 1. The minimum Gasteiger partial charge on any atom is -0.480 e. The average Bonchev–Trinajstić information content (AvgIpc) is 2.15. The van der Waals surface area contributed by atoms with Gasteiger partial charge >= 0.3 is 5.97 Å². The van der Waals surface area contributed by atoms with Crippen molar-refractivity contribution in [2.45, 2.75) is 26.8 Å². The molecule has 0 unspecified atom stereocenters. The lowest BCUT2D eigenvalue weighted by Crippen LogP contribution is -2.40. The highest BCUT2D eigenvalue weighted by Crippen LogP contribution is 2.17. The second-order valence-corrected chi connectivity index (χ2v) is 5.44. The first-order valence-electron chi connectivity index (χ1n) is 4.14. The molecule has 4 nitrogen and oxygen atoms in total. The second kappa shape index (κ2) is 8.91. The van der Waals surface area contributed by atoms with E-state index in [4.69, 9.17) is 5.11 Å². The van der Waals surface area contributed by atoms with Gasteiger partial charge in [0.25, 0.3) is 0 Å². The molecule has 1 N–H and O–H groups in total. The predicted octanol–water partition coefficient (Wildman–Crippen LogP) is 1.96. The van der Waals surface area contributed by atoms with Gasteiger partial charge in [0.15, 0.2) is 0 Å². The molecule has 0 aromatic rings. The number of aliphatic carboxylic acids is 1. The average molecular weight is 253 g/mol. The number of likely N-dealkylation sites (N-methyl/N-ethyl adjacent to an activating group) is 1. The topological polar surface area (TPSA) is 57.6 Å². The number of carboxylic acids is 1. The number of carbonyl (C=O) groups excluding carboxylic acids is 1. The Morgan fingerprint density at radius 1 is 1.47 bits per heavy atom. The van der Waals surface area contributed by atoms with Gasteiger partial charge in [0.2, 0.25) is 5.91 Å². The summed E-state index contributed by atoms with van der Waals surface area (Å²) in [4.78, 5) is 23.2. The third-order valence-electron chi connectivity index (χ3n) is 1.85. The van der Waals surface area contributed by atoms with Crippen molar-refractivity contribution in [3.8, 4) is 0 Å². The molecule has 0 aromatic carbocycles. The van der Waals surface area contributed by atoms with Gasteiger partial charge in [-0.05, 0) is 13.2 Å². The molecule has 0 aliphatic rings. The van der Waals surface area contributed by atoms with Crippen LogP contribution in [0.5, 0.6) is 0 Å². The molecular formula is C9H19NO3S2. The van der Waals surface area contributed by atoms with Crippen LogP contribution in [-0.2, 0) is 9.59 Å². The van der Waals surface area contributed by atoms with E-state index in [0.717, 1.165) is 5.75 Å². The molecule has 90 valence electrons. The van der Waals surface area contributed by atoms with E-state index < -0.39 is 12.0 Å². The molecule has 0 saturated heterocycles. The Labute approximate surface area is 99.2 Å². The smallest absolute Gasteiger partial charge is 0.326 e. The third kappa shape index (κ3) is 6.67. The molecule has 0 spiro atoms. The minimum atomic E-state index is -0.974. The molecule has 0 aliphatic heterocycles. The van der Waals surface area contributed by atoms with E-state index in [0.29, 0.717) is 6.42 Å². The number of hydrogen-bond acceptors (Lipinski definition) is 4. The summed E-state index contributed by atoms with van der Waals surface area (Å²) in [6, 6.07) is -0.748. The number of rotatable bonds is 6. The fraction of sp³-hybridized carbons (Fsp3) is 0.778. The molecule has 0 fully saturated rings. The lowest BCUT2D eigenvalue weighted by atomic mass is 10.3. The van der Waals surface area contributed by atoms with Crippen LogP contribution < -0.4 is 0 Å². The molecule has 0 heterocycles. The van der Waals surface area contributed by atoms with Gasteiger partial charge in [-0.3, -0.25) is 4.79 Å². The molecule has 6 heteroatoms. The van der Waals surface area contributed by atoms with Crippen molar-refractivity contribution in [1.29, 1.82) is 0 Å². The van der Waals surface area contributed by atoms with Crippen LogP contribution >= 0.6 is 21.6 Å². The molecule has 1 amide bonds. The highest BCUT2D eigenvalue weighted by Gasteiger charge is 2.20. The van der Waals surface area contributed by atoms with Crippen LogP contribution in [0.4, 0.5) is 0 Å². The van der Waals surface area contributed by atoms with Crippen LogP contribution in [0.1, 0.15) is 20.8 Å². The minimum absolute atomic E-state index is 0. The van der Waals surface area contributed by atoms with Gasteiger partial charge in [-0.2, -0.15) is 0 Å². The maximum atomic E-state index is 11.4. The van der Waals surface area contributed by atoms with Crippen molar-refractivity contribution in [2.75, 3.05) is 19.1 Å². The van der Waals surface area contributed by atoms with Crippen LogP contribution in [-0.4, -0.2) is 47.0 Å². The zero-order chi connectivity index (χ0) is 11.1. The quantitative estimate of drug-likeness (QED) is 0.579. The van der Waals surface area contributed by atoms with E-state index in [1.807, 2.05) is 6.26 Å². The van der Waals surface area contributed by atoms with E-state index in [-0.39, 0.29) is 13.3 Å². The Kier molecular flexibility index (Phi) is 10.1. The summed E-state index contributed by atoms with van der Waals surface area (Å²) < 4.78 is 0. The fourth-order valence-corrected chi connectivity index (χ4v) is 1.94. The zero-order valence-corrected chi connectivity index (χ0v) is 10.2. The highest BCUT2D eigenvalue weighted by atomic mass is 33.1. The monoisotopic (exact) mass is 253 g/mol. The largest absolute Gasteiger partial charge is 0.480 e.